The van der Waals surface area contributed by atoms with Crippen LogP contribution in [0.4, 0.5) is 5.82 Å². The summed E-state index contributed by atoms with van der Waals surface area (Å²) in [4.78, 5) is 0. The van der Waals surface area contributed by atoms with E-state index in [0.717, 1.165) is 18.1 Å². The average Bonchev–Trinajstić information content (AvgIpc) is 2.50. The number of nitrogens with zero attached hydrogens (tertiary/aromatic N) is 3. The minimum absolute atomic E-state index is 0.144. The average molecular weight is 238 g/mol. The predicted molar refractivity (Wildman–Crippen MR) is 68.7 cm³/mol. The minimum atomic E-state index is 0.144. The lowest BCUT2D eigenvalue weighted by Crippen LogP contribution is -2.26. The van der Waals surface area contributed by atoms with Gasteiger partial charge >= 0.3 is 0 Å². The molecule has 0 bridgehead atoms. The molecule has 88 valence electrons. The van der Waals surface area contributed by atoms with Gasteiger partial charge in [0.1, 0.15) is 17.5 Å². The van der Waals surface area contributed by atoms with Crippen molar-refractivity contribution in [3.63, 3.8) is 0 Å². The highest BCUT2D eigenvalue weighted by atomic mass is 32.2. The van der Waals surface area contributed by atoms with Crippen LogP contribution in [-0.4, -0.2) is 27.3 Å². The summed E-state index contributed by atoms with van der Waals surface area (Å²) >= 11 is 1.80. The Morgan fingerprint density at radius 1 is 1.56 bits per heavy atom. The van der Waals surface area contributed by atoms with Crippen LogP contribution in [0, 0.1) is 18.3 Å². The molecular formula is C11H18N4S. The Hall–Kier alpha value is -1.15. The molecule has 16 heavy (non-hydrogen) atoms. The van der Waals surface area contributed by atoms with E-state index in [1.54, 1.807) is 16.4 Å². The molecule has 0 spiro atoms. The van der Waals surface area contributed by atoms with E-state index < -0.39 is 0 Å². The zero-order valence-electron chi connectivity index (χ0n) is 10.5. The summed E-state index contributed by atoms with van der Waals surface area (Å²) in [6, 6.07) is 2.19. The third-order valence-corrected chi connectivity index (χ3v) is 3.82. The lowest BCUT2D eigenvalue weighted by molar-refractivity contribution is 0.721. The second-order valence-corrected chi connectivity index (χ2v) is 5.88. The van der Waals surface area contributed by atoms with Crippen LogP contribution < -0.4 is 5.32 Å². The van der Waals surface area contributed by atoms with Crippen LogP contribution in [0.5, 0.6) is 0 Å². The minimum Gasteiger partial charge on any atom is -0.368 e. The highest BCUT2D eigenvalue weighted by Gasteiger charge is 2.18. The van der Waals surface area contributed by atoms with E-state index >= 15 is 0 Å². The Morgan fingerprint density at radius 2 is 2.19 bits per heavy atom. The first-order valence-electron chi connectivity index (χ1n) is 5.14. The maximum absolute atomic E-state index is 9.05. The first kappa shape index (κ1) is 12.9. The second kappa shape index (κ2) is 4.79. The summed E-state index contributed by atoms with van der Waals surface area (Å²) in [5, 5.41) is 16.6. The molecular weight excluding hydrogens is 220 g/mol. The molecule has 4 nitrogen and oxygen atoms in total. The Bertz CT molecular complexity index is 414. The third-order valence-electron chi connectivity index (χ3n) is 2.57. The fraction of sp³-hybridized carbons (Fsp3) is 0.636. The largest absolute Gasteiger partial charge is 0.368 e. The van der Waals surface area contributed by atoms with Gasteiger partial charge in [-0.2, -0.15) is 22.1 Å². The van der Waals surface area contributed by atoms with E-state index in [9.17, 15) is 0 Å². The van der Waals surface area contributed by atoms with Gasteiger partial charge in [0.2, 0.25) is 0 Å². The molecule has 0 amide bonds. The number of anilines is 1. The van der Waals surface area contributed by atoms with Crippen molar-refractivity contribution in [2.24, 2.45) is 7.05 Å². The monoisotopic (exact) mass is 238 g/mol. The van der Waals surface area contributed by atoms with Crippen LogP contribution in [0.25, 0.3) is 0 Å². The van der Waals surface area contributed by atoms with E-state index in [4.69, 9.17) is 5.26 Å². The molecule has 0 aromatic carbocycles. The SMILES string of the molecule is CSC(C)(C)CNc1c(C#N)c(C)nn1C. The third kappa shape index (κ3) is 2.70. The highest BCUT2D eigenvalue weighted by Crippen LogP contribution is 2.23. The van der Waals surface area contributed by atoms with Crippen LogP contribution in [0.2, 0.25) is 0 Å². The van der Waals surface area contributed by atoms with Crippen LogP contribution in [0.1, 0.15) is 25.1 Å². The van der Waals surface area contributed by atoms with E-state index in [-0.39, 0.29) is 4.75 Å². The molecule has 0 aliphatic heterocycles. The molecule has 1 aromatic rings. The molecule has 0 unspecified atom stereocenters. The lowest BCUT2D eigenvalue weighted by Gasteiger charge is -2.22. The van der Waals surface area contributed by atoms with Gasteiger partial charge in [-0.25, -0.2) is 0 Å². The Morgan fingerprint density at radius 3 is 2.69 bits per heavy atom. The van der Waals surface area contributed by atoms with E-state index in [1.807, 2.05) is 14.0 Å². The lowest BCUT2D eigenvalue weighted by atomic mass is 10.2. The van der Waals surface area contributed by atoms with Crippen molar-refractivity contribution in [3.05, 3.63) is 11.3 Å². The number of aryl methyl sites for hydroxylation is 2. The number of thioether (sulfide) groups is 1. The Labute approximate surface area is 101 Å². The first-order chi connectivity index (χ1) is 7.41. The predicted octanol–water partition coefficient (Wildman–Crippen LogP) is 2.15. The van der Waals surface area contributed by atoms with Crippen LogP contribution in [0.15, 0.2) is 0 Å². The van der Waals surface area contributed by atoms with Gasteiger partial charge in [0, 0.05) is 18.3 Å². The van der Waals surface area contributed by atoms with Crippen molar-refractivity contribution >= 4 is 17.6 Å². The zero-order valence-corrected chi connectivity index (χ0v) is 11.3. The number of hydrogen-bond acceptors (Lipinski definition) is 4. The fourth-order valence-electron chi connectivity index (χ4n) is 1.36. The fourth-order valence-corrected chi connectivity index (χ4v) is 1.58. The summed E-state index contributed by atoms with van der Waals surface area (Å²) in [5.41, 5.74) is 1.41. The van der Waals surface area contributed by atoms with Crippen molar-refractivity contribution in [2.45, 2.75) is 25.5 Å². The maximum atomic E-state index is 9.05. The van der Waals surface area contributed by atoms with Gasteiger partial charge in [0.05, 0.1) is 5.69 Å². The summed E-state index contributed by atoms with van der Waals surface area (Å²) < 4.78 is 1.87. The van der Waals surface area contributed by atoms with Crippen molar-refractivity contribution in [1.29, 1.82) is 5.26 Å². The standard InChI is InChI=1S/C11H18N4S/c1-8-9(6-12)10(15(4)14-8)13-7-11(2,3)16-5/h13H,7H2,1-5H3. The van der Waals surface area contributed by atoms with Gasteiger partial charge in [0.25, 0.3) is 0 Å². The summed E-state index contributed by atoms with van der Waals surface area (Å²) in [6.07, 6.45) is 2.08. The highest BCUT2D eigenvalue weighted by molar-refractivity contribution is 7.99. The van der Waals surface area contributed by atoms with Gasteiger partial charge in [-0.05, 0) is 27.0 Å². The van der Waals surface area contributed by atoms with Crippen LogP contribution >= 0.6 is 11.8 Å². The molecule has 1 rings (SSSR count). The Balaban J connectivity index is 2.86. The normalized spacial score (nSPS) is 11.2. The number of nitriles is 1. The molecule has 0 aliphatic carbocycles. The number of aromatic nitrogens is 2. The molecule has 0 atom stereocenters. The number of rotatable bonds is 4. The second-order valence-electron chi connectivity index (χ2n) is 4.36. The van der Waals surface area contributed by atoms with Gasteiger partial charge in [0.15, 0.2) is 0 Å². The van der Waals surface area contributed by atoms with Crippen LogP contribution in [-0.2, 0) is 7.05 Å². The summed E-state index contributed by atoms with van der Waals surface area (Å²) in [7, 11) is 1.85. The molecule has 1 N–H and O–H groups in total. The van der Waals surface area contributed by atoms with E-state index in [1.165, 1.54) is 0 Å². The zero-order chi connectivity index (χ0) is 12.3. The Kier molecular flexibility index (Phi) is 3.87. The quantitative estimate of drug-likeness (QED) is 0.873. The maximum Gasteiger partial charge on any atom is 0.142 e. The van der Waals surface area contributed by atoms with Crippen molar-refractivity contribution in [2.75, 3.05) is 18.1 Å². The molecule has 0 fully saturated rings. The molecule has 1 heterocycles. The molecule has 0 saturated carbocycles. The molecule has 1 aromatic heterocycles. The first-order valence-corrected chi connectivity index (χ1v) is 6.36. The van der Waals surface area contributed by atoms with Gasteiger partial charge in [-0.3, -0.25) is 4.68 Å². The molecule has 5 heteroatoms. The van der Waals surface area contributed by atoms with E-state index in [2.05, 4.69) is 36.6 Å². The van der Waals surface area contributed by atoms with Gasteiger partial charge in [-0.1, -0.05) is 0 Å². The summed E-state index contributed by atoms with van der Waals surface area (Å²) in [5.74, 6) is 0.808. The topological polar surface area (TPSA) is 53.6 Å². The number of nitrogens with one attached hydrogen (secondary N) is 1. The van der Waals surface area contributed by atoms with Crippen molar-refractivity contribution in [1.82, 2.24) is 9.78 Å². The van der Waals surface area contributed by atoms with Crippen molar-refractivity contribution < 1.29 is 0 Å². The summed E-state index contributed by atoms with van der Waals surface area (Å²) in [6.45, 7) is 6.99. The van der Waals surface area contributed by atoms with Gasteiger partial charge < -0.3 is 5.32 Å². The smallest absolute Gasteiger partial charge is 0.142 e. The van der Waals surface area contributed by atoms with E-state index in [0.29, 0.717) is 5.56 Å². The number of hydrogen-bond donors (Lipinski definition) is 1. The molecule has 0 saturated heterocycles. The molecule has 0 radical (unpaired) electrons. The van der Waals surface area contributed by atoms with Crippen LogP contribution in [0.3, 0.4) is 0 Å². The van der Waals surface area contributed by atoms with Gasteiger partial charge in [-0.15, -0.1) is 0 Å². The van der Waals surface area contributed by atoms with Crippen molar-refractivity contribution in [3.8, 4) is 6.07 Å². The molecule has 0 aliphatic rings.